The number of hydrogen-bond donors (Lipinski definition) is 1. The molecule has 0 fully saturated rings. The largest absolute Gasteiger partial charge is 0.493 e. The number of thioether (sulfide) groups is 1. The summed E-state index contributed by atoms with van der Waals surface area (Å²) >= 11 is 5.35. The molecular weight excluding hydrogens is 314 g/mol. The van der Waals surface area contributed by atoms with Crippen LogP contribution in [0.25, 0.3) is 0 Å². The van der Waals surface area contributed by atoms with Gasteiger partial charge in [-0.3, -0.25) is 0 Å². The Morgan fingerprint density at radius 3 is 2.78 bits per heavy atom. The van der Waals surface area contributed by atoms with Crippen molar-refractivity contribution in [3.8, 4) is 11.5 Å². The molecule has 0 spiro atoms. The minimum Gasteiger partial charge on any atom is -0.493 e. The van der Waals surface area contributed by atoms with E-state index < -0.39 is 0 Å². The van der Waals surface area contributed by atoms with E-state index in [-0.39, 0.29) is 0 Å². The lowest BCUT2D eigenvalue weighted by atomic mass is 10.1. The van der Waals surface area contributed by atoms with Gasteiger partial charge in [-0.05, 0) is 65.0 Å². The molecule has 0 aromatic heterocycles. The van der Waals surface area contributed by atoms with Crippen LogP contribution in [0.4, 0.5) is 0 Å². The summed E-state index contributed by atoms with van der Waals surface area (Å²) in [6.45, 7) is 1.33. The number of hydrogen-bond acceptors (Lipinski definition) is 4. The first-order valence-electron chi connectivity index (χ1n) is 5.91. The standard InChI is InChI=1S/C13H20BrNO2S/c1-16-12-9-10(4-5-15)8-11(14)13(12)17-6-3-7-18-2/h8-9H,3-7,15H2,1-2H3. The van der Waals surface area contributed by atoms with Crippen LogP contribution in [0, 0.1) is 0 Å². The molecule has 0 bridgehead atoms. The van der Waals surface area contributed by atoms with Crippen molar-refractivity contribution < 1.29 is 9.47 Å². The van der Waals surface area contributed by atoms with Gasteiger partial charge in [0.1, 0.15) is 0 Å². The zero-order valence-electron chi connectivity index (χ0n) is 10.9. The van der Waals surface area contributed by atoms with Crippen molar-refractivity contribution in [2.45, 2.75) is 12.8 Å². The van der Waals surface area contributed by atoms with E-state index in [9.17, 15) is 0 Å². The first kappa shape index (κ1) is 15.7. The number of halogens is 1. The molecule has 1 aromatic rings. The normalized spacial score (nSPS) is 10.4. The quantitative estimate of drug-likeness (QED) is 0.742. The molecule has 5 heteroatoms. The van der Waals surface area contributed by atoms with Crippen molar-refractivity contribution in [1.82, 2.24) is 0 Å². The summed E-state index contributed by atoms with van der Waals surface area (Å²) in [7, 11) is 1.66. The van der Waals surface area contributed by atoms with Gasteiger partial charge in [-0.1, -0.05) is 0 Å². The molecule has 0 atom stereocenters. The van der Waals surface area contributed by atoms with E-state index in [1.54, 1.807) is 7.11 Å². The lowest BCUT2D eigenvalue weighted by molar-refractivity contribution is 0.293. The van der Waals surface area contributed by atoms with Crippen molar-refractivity contribution in [2.75, 3.05) is 32.3 Å². The minimum atomic E-state index is 0.628. The Labute approximate surface area is 122 Å². The van der Waals surface area contributed by atoms with Gasteiger partial charge >= 0.3 is 0 Å². The SMILES string of the molecule is COc1cc(CCN)cc(Br)c1OCCCSC. The summed E-state index contributed by atoms with van der Waals surface area (Å²) in [6, 6.07) is 4.03. The zero-order valence-corrected chi connectivity index (χ0v) is 13.3. The van der Waals surface area contributed by atoms with Gasteiger partial charge in [0.25, 0.3) is 0 Å². The van der Waals surface area contributed by atoms with Crippen LogP contribution >= 0.6 is 27.7 Å². The van der Waals surface area contributed by atoms with Gasteiger partial charge in [0, 0.05) is 0 Å². The Hall–Kier alpha value is -0.390. The minimum absolute atomic E-state index is 0.628. The van der Waals surface area contributed by atoms with Gasteiger partial charge in [0.2, 0.25) is 0 Å². The van der Waals surface area contributed by atoms with Crippen LogP contribution < -0.4 is 15.2 Å². The second-order valence-corrected chi connectivity index (χ2v) is 5.68. The number of ether oxygens (including phenoxy) is 2. The lowest BCUT2D eigenvalue weighted by Crippen LogP contribution is -2.05. The Morgan fingerprint density at radius 2 is 2.17 bits per heavy atom. The predicted octanol–water partition coefficient (Wildman–Crippen LogP) is 3.09. The van der Waals surface area contributed by atoms with E-state index in [4.69, 9.17) is 15.2 Å². The highest BCUT2D eigenvalue weighted by Crippen LogP contribution is 2.36. The summed E-state index contributed by atoms with van der Waals surface area (Å²) < 4.78 is 12.1. The summed E-state index contributed by atoms with van der Waals surface area (Å²) in [6.07, 6.45) is 3.96. The van der Waals surface area contributed by atoms with Crippen molar-refractivity contribution >= 4 is 27.7 Å². The highest BCUT2D eigenvalue weighted by atomic mass is 79.9. The third kappa shape index (κ3) is 4.71. The summed E-state index contributed by atoms with van der Waals surface area (Å²) in [5, 5.41) is 0. The molecule has 0 heterocycles. The third-order valence-corrected chi connectivity index (χ3v) is 3.75. The van der Waals surface area contributed by atoms with Crippen LogP contribution in [0.2, 0.25) is 0 Å². The average Bonchev–Trinajstić information content (AvgIpc) is 2.36. The molecule has 2 N–H and O–H groups in total. The van der Waals surface area contributed by atoms with E-state index in [1.165, 1.54) is 0 Å². The van der Waals surface area contributed by atoms with Crippen LogP contribution in [0.3, 0.4) is 0 Å². The van der Waals surface area contributed by atoms with Crippen molar-refractivity contribution in [2.24, 2.45) is 5.73 Å². The van der Waals surface area contributed by atoms with Crippen molar-refractivity contribution in [1.29, 1.82) is 0 Å². The fourth-order valence-corrected chi connectivity index (χ4v) is 2.61. The van der Waals surface area contributed by atoms with Gasteiger partial charge in [-0.15, -0.1) is 0 Å². The first-order chi connectivity index (χ1) is 8.72. The van der Waals surface area contributed by atoms with Crippen LogP contribution in [0.15, 0.2) is 16.6 Å². The molecular formula is C13H20BrNO2S. The molecule has 0 unspecified atom stereocenters. The Kier molecular flexibility index (Phi) is 7.54. The van der Waals surface area contributed by atoms with E-state index in [2.05, 4.69) is 22.2 Å². The molecule has 0 aliphatic heterocycles. The number of rotatable bonds is 8. The Balaban J connectivity index is 2.76. The molecule has 1 aromatic carbocycles. The topological polar surface area (TPSA) is 44.5 Å². The summed E-state index contributed by atoms with van der Waals surface area (Å²) in [5.41, 5.74) is 6.71. The van der Waals surface area contributed by atoms with Gasteiger partial charge < -0.3 is 15.2 Å². The second-order valence-electron chi connectivity index (χ2n) is 3.84. The van der Waals surface area contributed by atoms with E-state index in [0.717, 1.165) is 40.1 Å². The number of nitrogens with two attached hydrogens (primary N) is 1. The van der Waals surface area contributed by atoms with Crippen LogP contribution in [-0.2, 0) is 6.42 Å². The molecule has 18 heavy (non-hydrogen) atoms. The summed E-state index contributed by atoms with van der Waals surface area (Å²) in [4.78, 5) is 0. The maximum absolute atomic E-state index is 5.78. The molecule has 3 nitrogen and oxygen atoms in total. The van der Waals surface area contributed by atoms with Crippen molar-refractivity contribution in [3.05, 3.63) is 22.2 Å². The van der Waals surface area contributed by atoms with Gasteiger partial charge in [-0.25, -0.2) is 0 Å². The van der Waals surface area contributed by atoms with Gasteiger partial charge in [-0.2, -0.15) is 11.8 Å². The highest BCUT2D eigenvalue weighted by Gasteiger charge is 2.11. The zero-order chi connectivity index (χ0) is 13.4. The fraction of sp³-hybridized carbons (Fsp3) is 0.538. The van der Waals surface area contributed by atoms with Crippen molar-refractivity contribution in [3.63, 3.8) is 0 Å². The molecule has 0 radical (unpaired) electrons. The smallest absolute Gasteiger partial charge is 0.175 e. The Bertz CT molecular complexity index is 374. The van der Waals surface area contributed by atoms with Crippen LogP contribution in [0.1, 0.15) is 12.0 Å². The van der Waals surface area contributed by atoms with E-state index >= 15 is 0 Å². The Morgan fingerprint density at radius 1 is 1.39 bits per heavy atom. The monoisotopic (exact) mass is 333 g/mol. The van der Waals surface area contributed by atoms with Crippen LogP contribution in [-0.4, -0.2) is 32.3 Å². The highest BCUT2D eigenvalue weighted by molar-refractivity contribution is 9.10. The lowest BCUT2D eigenvalue weighted by Gasteiger charge is -2.14. The molecule has 0 aliphatic rings. The fourth-order valence-electron chi connectivity index (χ4n) is 1.60. The third-order valence-electron chi connectivity index (χ3n) is 2.46. The molecule has 0 amide bonds. The van der Waals surface area contributed by atoms with E-state index in [0.29, 0.717) is 13.2 Å². The number of benzene rings is 1. The summed E-state index contributed by atoms with van der Waals surface area (Å²) in [5.74, 6) is 2.64. The first-order valence-corrected chi connectivity index (χ1v) is 8.09. The maximum atomic E-state index is 5.78. The predicted molar refractivity (Wildman–Crippen MR) is 81.9 cm³/mol. The van der Waals surface area contributed by atoms with Crippen LogP contribution in [0.5, 0.6) is 11.5 Å². The second kappa shape index (κ2) is 8.67. The number of methoxy groups -OCH3 is 1. The molecule has 0 saturated carbocycles. The maximum Gasteiger partial charge on any atom is 0.175 e. The average molecular weight is 334 g/mol. The molecule has 1 rings (SSSR count). The van der Waals surface area contributed by atoms with Gasteiger partial charge in [0.15, 0.2) is 11.5 Å². The molecule has 102 valence electrons. The van der Waals surface area contributed by atoms with E-state index in [1.807, 2.05) is 23.9 Å². The molecule has 0 aliphatic carbocycles. The van der Waals surface area contributed by atoms with Gasteiger partial charge in [0.05, 0.1) is 18.2 Å². The molecule has 0 saturated heterocycles.